The van der Waals surface area contributed by atoms with Crippen molar-refractivity contribution in [1.82, 2.24) is 0 Å². The molecule has 0 aromatic heterocycles. The highest BCUT2D eigenvalue weighted by molar-refractivity contribution is 5.52. The molecule has 0 radical (unpaired) electrons. The Bertz CT molecular complexity index is 458. The zero-order chi connectivity index (χ0) is 11.8. The maximum Gasteiger partial charge on any atom is 0.140 e. The highest BCUT2D eigenvalue weighted by atomic mass is 16.5. The molecule has 2 N–H and O–H groups in total. The second kappa shape index (κ2) is 3.69. The summed E-state index contributed by atoms with van der Waals surface area (Å²) in [6.45, 7) is 0. The number of ether oxygens (including phenoxy) is 1. The molecule has 0 amide bonds. The molecule has 84 valence electrons. The molecule has 1 saturated carbocycles. The van der Waals surface area contributed by atoms with Gasteiger partial charge in [-0.2, -0.15) is 5.26 Å². The van der Waals surface area contributed by atoms with Crippen LogP contribution in [0.4, 0.5) is 0 Å². The van der Waals surface area contributed by atoms with Crippen LogP contribution in [-0.4, -0.2) is 22.9 Å². The van der Waals surface area contributed by atoms with Crippen LogP contribution in [0.2, 0.25) is 0 Å². The van der Waals surface area contributed by atoms with Crippen molar-refractivity contribution in [2.75, 3.05) is 7.11 Å². The number of hydrogen-bond donors (Lipinski definition) is 2. The molecule has 0 aliphatic heterocycles. The van der Waals surface area contributed by atoms with Crippen molar-refractivity contribution in [1.29, 1.82) is 5.26 Å². The van der Waals surface area contributed by atoms with Gasteiger partial charge in [0.1, 0.15) is 17.6 Å². The molecule has 16 heavy (non-hydrogen) atoms. The van der Waals surface area contributed by atoms with E-state index in [1.54, 1.807) is 6.07 Å². The van der Waals surface area contributed by atoms with E-state index in [2.05, 4.69) is 0 Å². The molecule has 0 unspecified atom stereocenters. The zero-order valence-corrected chi connectivity index (χ0v) is 9.03. The lowest BCUT2D eigenvalue weighted by Gasteiger charge is -2.11. The number of aliphatic hydroxyl groups is 1. The molecule has 1 aromatic carbocycles. The summed E-state index contributed by atoms with van der Waals surface area (Å²) in [5.41, 5.74) is 0.288. The molecule has 0 spiro atoms. The van der Waals surface area contributed by atoms with Crippen LogP contribution in [0.3, 0.4) is 0 Å². The number of phenols is 1. The molecule has 4 nitrogen and oxygen atoms in total. The topological polar surface area (TPSA) is 73.5 Å². The Morgan fingerprint density at radius 2 is 2.19 bits per heavy atom. The monoisotopic (exact) mass is 219 g/mol. The molecule has 1 aromatic rings. The quantitative estimate of drug-likeness (QED) is 0.804. The molecular weight excluding hydrogens is 206 g/mol. The molecule has 0 atom stereocenters. The Kier molecular flexibility index (Phi) is 2.49. The Morgan fingerprint density at radius 3 is 2.69 bits per heavy atom. The van der Waals surface area contributed by atoms with Crippen molar-refractivity contribution in [3.8, 4) is 17.6 Å². The first kappa shape index (κ1) is 10.8. The van der Waals surface area contributed by atoms with Gasteiger partial charge in [-0.3, -0.25) is 0 Å². The van der Waals surface area contributed by atoms with Crippen LogP contribution >= 0.6 is 0 Å². The fourth-order valence-electron chi connectivity index (χ4n) is 1.69. The lowest BCUT2D eigenvalue weighted by atomic mass is 10.0. The van der Waals surface area contributed by atoms with Gasteiger partial charge in [-0.15, -0.1) is 0 Å². The lowest BCUT2D eigenvalue weighted by molar-refractivity contribution is 0.150. The second-order valence-electron chi connectivity index (χ2n) is 4.19. The van der Waals surface area contributed by atoms with Gasteiger partial charge in [0.05, 0.1) is 18.3 Å². The Labute approximate surface area is 93.7 Å². The third-order valence-electron chi connectivity index (χ3n) is 2.87. The smallest absolute Gasteiger partial charge is 0.140 e. The number of hydrogen-bond acceptors (Lipinski definition) is 4. The highest BCUT2D eigenvalue weighted by Crippen LogP contribution is 2.41. The predicted molar refractivity (Wildman–Crippen MR) is 57.3 cm³/mol. The predicted octanol–water partition coefficient (Wildman–Crippen LogP) is 1.34. The molecule has 1 aliphatic carbocycles. The second-order valence-corrected chi connectivity index (χ2v) is 4.19. The Morgan fingerprint density at radius 1 is 1.50 bits per heavy atom. The SMILES string of the molecule is COc1cc(O)c(CC2(O)CC2)cc1C#N. The third kappa shape index (κ3) is 1.95. The summed E-state index contributed by atoms with van der Waals surface area (Å²) < 4.78 is 4.97. The highest BCUT2D eigenvalue weighted by Gasteiger charge is 2.40. The lowest BCUT2D eigenvalue weighted by Crippen LogP contribution is -2.11. The van der Waals surface area contributed by atoms with Crippen molar-refractivity contribution in [3.05, 3.63) is 23.3 Å². The van der Waals surface area contributed by atoms with E-state index in [1.165, 1.54) is 13.2 Å². The summed E-state index contributed by atoms with van der Waals surface area (Å²) in [5, 5.41) is 28.4. The average Bonchev–Trinajstić information content (AvgIpc) is 2.99. The number of benzene rings is 1. The number of aromatic hydroxyl groups is 1. The van der Waals surface area contributed by atoms with Gasteiger partial charge in [0.25, 0.3) is 0 Å². The summed E-state index contributed by atoms with van der Waals surface area (Å²) in [7, 11) is 1.45. The van der Waals surface area contributed by atoms with E-state index in [-0.39, 0.29) is 5.75 Å². The van der Waals surface area contributed by atoms with Crippen molar-refractivity contribution in [2.24, 2.45) is 0 Å². The molecular formula is C12H13NO3. The van der Waals surface area contributed by atoms with E-state index in [0.29, 0.717) is 23.3 Å². The molecule has 0 heterocycles. The largest absolute Gasteiger partial charge is 0.508 e. The number of methoxy groups -OCH3 is 1. The first-order chi connectivity index (χ1) is 7.58. The van der Waals surface area contributed by atoms with E-state index in [1.807, 2.05) is 6.07 Å². The first-order valence-corrected chi connectivity index (χ1v) is 5.10. The van der Waals surface area contributed by atoms with Crippen LogP contribution in [0.5, 0.6) is 11.5 Å². The molecule has 0 bridgehead atoms. The fourth-order valence-corrected chi connectivity index (χ4v) is 1.69. The number of rotatable bonds is 3. The van der Waals surface area contributed by atoms with E-state index in [9.17, 15) is 10.2 Å². The minimum absolute atomic E-state index is 0.0659. The summed E-state index contributed by atoms with van der Waals surface area (Å²) in [6.07, 6.45) is 1.89. The van der Waals surface area contributed by atoms with Gasteiger partial charge < -0.3 is 14.9 Å². The van der Waals surface area contributed by atoms with Crippen molar-refractivity contribution in [3.63, 3.8) is 0 Å². The standard InChI is InChI=1S/C12H13NO3/c1-16-11-5-10(14)8(4-9(11)7-13)6-12(15)2-3-12/h4-5,14-15H,2-3,6H2,1H3. The average molecular weight is 219 g/mol. The first-order valence-electron chi connectivity index (χ1n) is 5.10. The number of nitrogens with zero attached hydrogens (tertiary/aromatic N) is 1. The summed E-state index contributed by atoms with van der Waals surface area (Å²) in [4.78, 5) is 0. The van der Waals surface area contributed by atoms with Gasteiger partial charge in [0, 0.05) is 12.5 Å². The Hall–Kier alpha value is -1.73. The minimum Gasteiger partial charge on any atom is -0.508 e. The van der Waals surface area contributed by atoms with Crippen molar-refractivity contribution in [2.45, 2.75) is 24.9 Å². The molecule has 4 heteroatoms. The van der Waals surface area contributed by atoms with Gasteiger partial charge in [0.15, 0.2) is 0 Å². The maximum absolute atomic E-state index is 9.77. The normalized spacial score (nSPS) is 16.6. The van der Waals surface area contributed by atoms with Gasteiger partial charge in [0.2, 0.25) is 0 Å². The van der Waals surface area contributed by atoms with Gasteiger partial charge in [-0.25, -0.2) is 0 Å². The van der Waals surface area contributed by atoms with E-state index < -0.39 is 5.60 Å². The van der Waals surface area contributed by atoms with Gasteiger partial charge in [-0.1, -0.05) is 0 Å². The molecule has 1 aliphatic rings. The van der Waals surface area contributed by atoms with Crippen LogP contribution in [0.1, 0.15) is 24.0 Å². The molecule has 2 rings (SSSR count). The number of phenolic OH excluding ortho intramolecular Hbond substituents is 1. The summed E-state index contributed by atoms with van der Waals surface area (Å²) in [5.74, 6) is 0.419. The minimum atomic E-state index is -0.682. The fraction of sp³-hybridized carbons (Fsp3) is 0.417. The van der Waals surface area contributed by atoms with Crippen LogP contribution in [-0.2, 0) is 6.42 Å². The van der Waals surface area contributed by atoms with E-state index in [0.717, 1.165) is 12.8 Å². The van der Waals surface area contributed by atoms with Crippen molar-refractivity contribution >= 4 is 0 Å². The van der Waals surface area contributed by atoms with E-state index in [4.69, 9.17) is 10.00 Å². The third-order valence-corrected chi connectivity index (χ3v) is 2.87. The van der Waals surface area contributed by atoms with Crippen LogP contribution < -0.4 is 4.74 Å². The van der Waals surface area contributed by atoms with E-state index >= 15 is 0 Å². The molecule has 0 saturated heterocycles. The van der Waals surface area contributed by atoms with Gasteiger partial charge in [-0.05, 0) is 24.5 Å². The Balaban J connectivity index is 2.35. The molecule has 1 fully saturated rings. The van der Waals surface area contributed by atoms with Crippen LogP contribution in [0.15, 0.2) is 12.1 Å². The van der Waals surface area contributed by atoms with Crippen molar-refractivity contribution < 1.29 is 14.9 Å². The van der Waals surface area contributed by atoms with Crippen LogP contribution in [0.25, 0.3) is 0 Å². The maximum atomic E-state index is 9.77. The zero-order valence-electron chi connectivity index (χ0n) is 9.03. The summed E-state index contributed by atoms with van der Waals surface area (Å²) in [6, 6.07) is 4.99. The summed E-state index contributed by atoms with van der Waals surface area (Å²) >= 11 is 0. The number of nitriles is 1. The van der Waals surface area contributed by atoms with Crippen LogP contribution in [0, 0.1) is 11.3 Å². The van der Waals surface area contributed by atoms with Gasteiger partial charge >= 0.3 is 0 Å².